The van der Waals surface area contributed by atoms with Crippen molar-refractivity contribution in [2.24, 2.45) is 11.8 Å². The summed E-state index contributed by atoms with van der Waals surface area (Å²) in [5.74, 6) is 2.37. The van der Waals surface area contributed by atoms with E-state index in [1.54, 1.807) is 21.3 Å². The molecule has 0 amide bonds. The Balaban J connectivity index is 2.16. The zero-order valence-corrected chi connectivity index (χ0v) is 12.3. The molecule has 2 atom stereocenters. The summed E-state index contributed by atoms with van der Waals surface area (Å²) >= 11 is 0. The van der Waals surface area contributed by atoms with E-state index < -0.39 is 0 Å². The van der Waals surface area contributed by atoms with Gasteiger partial charge in [0.05, 0.1) is 27.4 Å². The first kappa shape index (κ1) is 13.6. The molecule has 0 spiro atoms. The topological polar surface area (TPSA) is 51.5 Å². The number of hydrogen-bond donors (Lipinski definition) is 0. The Morgan fingerprint density at radius 3 is 2.14 bits per heavy atom. The Morgan fingerprint density at radius 1 is 1.00 bits per heavy atom. The van der Waals surface area contributed by atoms with Gasteiger partial charge in [0.25, 0.3) is 0 Å². The van der Waals surface area contributed by atoms with Crippen molar-refractivity contribution in [3.8, 4) is 23.3 Å². The van der Waals surface area contributed by atoms with Gasteiger partial charge in [0.1, 0.15) is 0 Å². The van der Waals surface area contributed by atoms with Crippen LogP contribution in [0.15, 0.2) is 29.9 Å². The van der Waals surface area contributed by atoms with Crippen LogP contribution in [0.3, 0.4) is 0 Å². The largest absolute Gasteiger partial charge is 0.493 e. The minimum Gasteiger partial charge on any atom is -0.493 e. The Kier molecular flexibility index (Phi) is 3.34. The average molecular weight is 283 g/mol. The van der Waals surface area contributed by atoms with Gasteiger partial charge in [0, 0.05) is 17.4 Å². The van der Waals surface area contributed by atoms with Crippen molar-refractivity contribution in [2.75, 3.05) is 21.3 Å². The fourth-order valence-corrected chi connectivity index (χ4v) is 3.28. The smallest absolute Gasteiger partial charge is 0.203 e. The molecule has 1 aromatic rings. The second kappa shape index (κ2) is 5.17. The molecule has 0 saturated carbocycles. The number of allylic oxidation sites excluding steroid dienone is 4. The number of rotatable bonds is 4. The van der Waals surface area contributed by atoms with E-state index in [-0.39, 0.29) is 5.92 Å². The molecule has 0 aliphatic heterocycles. The fourth-order valence-electron chi connectivity index (χ4n) is 3.28. The number of nitrogens with zero attached hydrogens (tertiary/aromatic N) is 1. The summed E-state index contributed by atoms with van der Waals surface area (Å²) < 4.78 is 16.1. The Morgan fingerprint density at radius 2 is 1.62 bits per heavy atom. The van der Waals surface area contributed by atoms with E-state index in [9.17, 15) is 5.26 Å². The average Bonchev–Trinajstić information content (AvgIpc) is 3.13. The van der Waals surface area contributed by atoms with E-state index in [1.165, 1.54) is 0 Å². The van der Waals surface area contributed by atoms with Crippen LogP contribution in [0, 0.1) is 23.2 Å². The number of benzene rings is 1. The van der Waals surface area contributed by atoms with Crippen molar-refractivity contribution in [1.29, 1.82) is 5.26 Å². The van der Waals surface area contributed by atoms with Gasteiger partial charge in [-0.05, 0) is 29.7 Å². The van der Waals surface area contributed by atoms with E-state index in [2.05, 4.69) is 18.2 Å². The van der Waals surface area contributed by atoms with Gasteiger partial charge < -0.3 is 14.2 Å². The third kappa shape index (κ3) is 1.97. The summed E-state index contributed by atoms with van der Waals surface area (Å²) in [6.07, 6.45) is 5.31. The third-order valence-electron chi connectivity index (χ3n) is 4.21. The molecule has 0 fully saturated rings. The molecule has 2 unspecified atom stereocenters. The molecule has 2 aliphatic rings. The first-order valence-electron chi connectivity index (χ1n) is 6.86. The Bertz CT molecular complexity index is 657. The van der Waals surface area contributed by atoms with E-state index in [4.69, 9.17) is 14.2 Å². The summed E-state index contributed by atoms with van der Waals surface area (Å²) in [5, 5.41) is 9.44. The molecule has 2 bridgehead atoms. The minimum atomic E-state index is 0.258. The van der Waals surface area contributed by atoms with Gasteiger partial charge in [-0.15, -0.1) is 0 Å². The summed E-state index contributed by atoms with van der Waals surface area (Å²) in [6, 6.07) is 6.20. The van der Waals surface area contributed by atoms with Crippen molar-refractivity contribution in [2.45, 2.75) is 6.42 Å². The lowest BCUT2D eigenvalue weighted by Crippen LogP contribution is -2.01. The van der Waals surface area contributed by atoms with Gasteiger partial charge in [-0.3, -0.25) is 0 Å². The van der Waals surface area contributed by atoms with Crippen LogP contribution < -0.4 is 14.2 Å². The monoisotopic (exact) mass is 283 g/mol. The maximum absolute atomic E-state index is 9.44. The highest BCUT2D eigenvalue weighted by Crippen LogP contribution is 2.50. The predicted octanol–water partition coefficient (Wildman–Crippen LogP) is 3.20. The van der Waals surface area contributed by atoms with Crippen LogP contribution in [0.4, 0.5) is 0 Å². The lowest BCUT2D eigenvalue weighted by atomic mass is 9.91. The number of ether oxygens (including phenoxy) is 3. The summed E-state index contributed by atoms with van der Waals surface area (Å²) in [7, 11) is 4.78. The molecule has 0 N–H and O–H groups in total. The molecule has 0 saturated heterocycles. The van der Waals surface area contributed by atoms with Gasteiger partial charge in [0.15, 0.2) is 11.5 Å². The van der Waals surface area contributed by atoms with E-state index in [1.807, 2.05) is 12.1 Å². The van der Waals surface area contributed by atoms with Crippen molar-refractivity contribution in [3.05, 3.63) is 35.4 Å². The molecule has 2 aliphatic carbocycles. The highest BCUT2D eigenvalue weighted by molar-refractivity contribution is 5.81. The summed E-state index contributed by atoms with van der Waals surface area (Å²) in [4.78, 5) is 0. The van der Waals surface area contributed by atoms with Gasteiger partial charge >= 0.3 is 0 Å². The first-order valence-corrected chi connectivity index (χ1v) is 6.86. The van der Waals surface area contributed by atoms with Gasteiger partial charge in [-0.1, -0.05) is 12.2 Å². The highest BCUT2D eigenvalue weighted by Gasteiger charge is 2.36. The van der Waals surface area contributed by atoms with Gasteiger partial charge in [0.2, 0.25) is 5.75 Å². The van der Waals surface area contributed by atoms with E-state index >= 15 is 0 Å². The molecule has 0 aromatic heterocycles. The highest BCUT2D eigenvalue weighted by atomic mass is 16.5. The lowest BCUT2D eigenvalue weighted by Gasteiger charge is -2.17. The second-order valence-corrected chi connectivity index (χ2v) is 5.19. The predicted molar refractivity (Wildman–Crippen MR) is 79.4 cm³/mol. The molecular formula is C17H17NO3. The standard InChI is InChI=1S/C17H17NO3/c1-19-14-7-12(8-15(20-2)17(14)21-3)16-11-5-4-10(6-11)13(16)9-18/h4-5,7-8,10-11H,6H2,1-3H3. The Hall–Kier alpha value is -2.41. The number of nitriles is 1. The Labute approximate surface area is 124 Å². The van der Waals surface area contributed by atoms with Crippen LogP contribution in [0.25, 0.3) is 5.57 Å². The fraction of sp³-hybridized carbons (Fsp3) is 0.353. The summed E-state index contributed by atoms with van der Waals surface area (Å²) in [5.41, 5.74) is 2.92. The van der Waals surface area contributed by atoms with Gasteiger partial charge in [-0.2, -0.15) is 5.26 Å². The van der Waals surface area contributed by atoms with Crippen molar-refractivity contribution >= 4 is 5.57 Å². The van der Waals surface area contributed by atoms with Crippen LogP contribution in [-0.2, 0) is 0 Å². The van der Waals surface area contributed by atoms with E-state index in [0.717, 1.165) is 23.1 Å². The first-order chi connectivity index (χ1) is 10.2. The molecule has 0 heterocycles. The lowest BCUT2D eigenvalue weighted by molar-refractivity contribution is 0.324. The molecule has 4 heteroatoms. The zero-order chi connectivity index (χ0) is 15.0. The van der Waals surface area contributed by atoms with Crippen LogP contribution in [-0.4, -0.2) is 21.3 Å². The van der Waals surface area contributed by atoms with Gasteiger partial charge in [-0.25, -0.2) is 0 Å². The minimum absolute atomic E-state index is 0.258. The molecule has 21 heavy (non-hydrogen) atoms. The molecule has 1 aromatic carbocycles. The maximum atomic E-state index is 9.44. The third-order valence-corrected chi connectivity index (χ3v) is 4.21. The number of methoxy groups -OCH3 is 3. The molecule has 108 valence electrons. The maximum Gasteiger partial charge on any atom is 0.203 e. The second-order valence-electron chi connectivity index (χ2n) is 5.19. The molecule has 3 rings (SSSR count). The SMILES string of the molecule is COc1cc(C2=C(C#N)C3C=CC2C3)cc(OC)c1OC. The molecule has 4 nitrogen and oxygen atoms in total. The number of hydrogen-bond acceptors (Lipinski definition) is 4. The quantitative estimate of drug-likeness (QED) is 0.796. The van der Waals surface area contributed by atoms with Crippen molar-refractivity contribution in [1.82, 2.24) is 0 Å². The number of fused-ring (bicyclic) bond motifs is 2. The van der Waals surface area contributed by atoms with Crippen LogP contribution in [0.2, 0.25) is 0 Å². The zero-order valence-electron chi connectivity index (χ0n) is 12.3. The molecule has 0 radical (unpaired) electrons. The summed E-state index contributed by atoms with van der Waals surface area (Å²) in [6.45, 7) is 0. The van der Waals surface area contributed by atoms with Crippen LogP contribution in [0.5, 0.6) is 17.2 Å². The van der Waals surface area contributed by atoms with Crippen molar-refractivity contribution < 1.29 is 14.2 Å². The van der Waals surface area contributed by atoms with Crippen LogP contribution >= 0.6 is 0 Å². The van der Waals surface area contributed by atoms with E-state index in [0.29, 0.717) is 23.2 Å². The molecular weight excluding hydrogens is 266 g/mol. The van der Waals surface area contributed by atoms with Crippen LogP contribution in [0.1, 0.15) is 12.0 Å². The normalized spacial score (nSPS) is 22.4. The van der Waals surface area contributed by atoms with Crippen molar-refractivity contribution in [3.63, 3.8) is 0 Å².